The van der Waals surface area contributed by atoms with Crippen LogP contribution in [0.3, 0.4) is 0 Å². The molecule has 0 spiro atoms. The van der Waals surface area contributed by atoms with Gasteiger partial charge in [0, 0.05) is 0 Å². The van der Waals surface area contributed by atoms with Crippen LogP contribution in [0.4, 0.5) is 11.6 Å². The maximum atomic E-state index is 5.81. The molecule has 0 aliphatic carbocycles. The summed E-state index contributed by atoms with van der Waals surface area (Å²) in [6, 6.07) is 13.7. The Morgan fingerprint density at radius 3 is 2.74 bits per heavy atom. The maximum absolute atomic E-state index is 5.81. The topological polar surface area (TPSA) is 56.1 Å². The van der Waals surface area contributed by atoms with Crippen LogP contribution < -0.4 is 9.64 Å². The summed E-state index contributed by atoms with van der Waals surface area (Å²) in [7, 11) is 0. The molecular formula is C16H14ClN5O. The first-order valence-corrected chi connectivity index (χ1v) is 7.68. The van der Waals surface area contributed by atoms with Gasteiger partial charge in [0.05, 0.1) is 19.3 Å². The predicted octanol–water partition coefficient (Wildman–Crippen LogP) is 2.91. The molecular weight excluding hydrogens is 314 g/mol. The Morgan fingerprint density at radius 1 is 1.09 bits per heavy atom. The van der Waals surface area contributed by atoms with Crippen LogP contribution >= 0.6 is 11.6 Å². The highest BCUT2D eigenvalue weighted by Gasteiger charge is 2.24. The SMILES string of the molecule is Clc1ccc(N2CCOc3cn(Cc4ccccc4)nc32)nn1. The predicted molar refractivity (Wildman–Crippen MR) is 87.3 cm³/mol. The third kappa shape index (κ3) is 2.85. The number of ether oxygens (including phenoxy) is 1. The smallest absolute Gasteiger partial charge is 0.198 e. The van der Waals surface area contributed by atoms with E-state index in [0.29, 0.717) is 30.7 Å². The lowest BCUT2D eigenvalue weighted by Crippen LogP contribution is -2.29. The van der Waals surface area contributed by atoms with Crippen molar-refractivity contribution in [3.05, 3.63) is 59.4 Å². The summed E-state index contributed by atoms with van der Waals surface area (Å²) in [6.07, 6.45) is 1.91. The van der Waals surface area contributed by atoms with Gasteiger partial charge in [-0.2, -0.15) is 5.10 Å². The molecule has 23 heavy (non-hydrogen) atoms. The fourth-order valence-electron chi connectivity index (χ4n) is 2.56. The average Bonchev–Trinajstić information content (AvgIpc) is 2.99. The molecule has 1 aliphatic heterocycles. The second-order valence-corrected chi connectivity index (χ2v) is 5.60. The minimum atomic E-state index is 0.372. The van der Waals surface area contributed by atoms with Crippen molar-refractivity contribution in [3.63, 3.8) is 0 Å². The van der Waals surface area contributed by atoms with Crippen LogP contribution in [0.25, 0.3) is 0 Å². The van der Waals surface area contributed by atoms with E-state index in [-0.39, 0.29) is 0 Å². The van der Waals surface area contributed by atoms with Gasteiger partial charge < -0.3 is 9.64 Å². The second-order valence-electron chi connectivity index (χ2n) is 5.21. The summed E-state index contributed by atoms with van der Waals surface area (Å²) in [4.78, 5) is 1.99. The highest BCUT2D eigenvalue weighted by atomic mass is 35.5. The maximum Gasteiger partial charge on any atom is 0.198 e. The summed E-state index contributed by atoms with van der Waals surface area (Å²) < 4.78 is 7.59. The Kier molecular flexibility index (Phi) is 3.59. The molecule has 1 aliphatic rings. The minimum absolute atomic E-state index is 0.372. The monoisotopic (exact) mass is 327 g/mol. The largest absolute Gasteiger partial charge is 0.486 e. The summed E-state index contributed by atoms with van der Waals surface area (Å²) in [5, 5.41) is 13.0. The van der Waals surface area contributed by atoms with Crippen molar-refractivity contribution in [1.29, 1.82) is 0 Å². The minimum Gasteiger partial charge on any atom is -0.486 e. The van der Waals surface area contributed by atoms with E-state index in [2.05, 4.69) is 27.4 Å². The summed E-state index contributed by atoms with van der Waals surface area (Å²) >= 11 is 5.81. The van der Waals surface area contributed by atoms with Crippen LogP contribution in [0.2, 0.25) is 5.15 Å². The van der Waals surface area contributed by atoms with Gasteiger partial charge in [0.1, 0.15) is 6.61 Å². The zero-order valence-electron chi connectivity index (χ0n) is 12.3. The molecule has 0 unspecified atom stereocenters. The number of aromatic nitrogens is 4. The number of halogens is 1. The molecule has 1 aromatic carbocycles. The zero-order valence-corrected chi connectivity index (χ0v) is 13.0. The Morgan fingerprint density at radius 2 is 1.96 bits per heavy atom. The van der Waals surface area contributed by atoms with Crippen molar-refractivity contribution < 1.29 is 4.74 Å². The fraction of sp³-hybridized carbons (Fsp3) is 0.188. The van der Waals surface area contributed by atoms with Crippen LogP contribution in [0.1, 0.15) is 5.56 Å². The van der Waals surface area contributed by atoms with Crippen LogP contribution in [0, 0.1) is 0 Å². The van der Waals surface area contributed by atoms with Crippen molar-refractivity contribution in [1.82, 2.24) is 20.0 Å². The molecule has 7 heteroatoms. The van der Waals surface area contributed by atoms with E-state index < -0.39 is 0 Å². The molecule has 0 saturated carbocycles. The normalized spacial score (nSPS) is 13.5. The van der Waals surface area contributed by atoms with Crippen LogP contribution in [0.15, 0.2) is 48.7 Å². The Hall–Kier alpha value is -2.60. The molecule has 4 rings (SSSR count). The molecule has 116 valence electrons. The Labute approximate surface area is 138 Å². The first-order chi connectivity index (χ1) is 11.3. The van der Waals surface area contributed by atoms with Crippen molar-refractivity contribution in [2.24, 2.45) is 0 Å². The number of nitrogens with zero attached hydrogens (tertiary/aromatic N) is 5. The van der Waals surface area contributed by atoms with E-state index in [0.717, 1.165) is 11.6 Å². The quantitative estimate of drug-likeness (QED) is 0.740. The lowest BCUT2D eigenvalue weighted by Gasteiger charge is -2.25. The van der Waals surface area contributed by atoms with Crippen molar-refractivity contribution >= 4 is 23.2 Å². The first-order valence-electron chi connectivity index (χ1n) is 7.30. The molecule has 0 amide bonds. The highest BCUT2D eigenvalue weighted by Crippen LogP contribution is 2.34. The van der Waals surface area contributed by atoms with E-state index in [1.165, 1.54) is 5.56 Å². The van der Waals surface area contributed by atoms with Crippen LogP contribution in [-0.2, 0) is 6.54 Å². The molecule has 6 nitrogen and oxygen atoms in total. The lowest BCUT2D eigenvalue weighted by molar-refractivity contribution is 0.313. The van der Waals surface area contributed by atoms with Crippen molar-refractivity contribution in [3.8, 4) is 5.75 Å². The van der Waals surface area contributed by atoms with E-state index >= 15 is 0 Å². The third-order valence-electron chi connectivity index (χ3n) is 3.62. The van der Waals surface area contributed by atoms with Crippen LogP contribution in [0.5, 0.6) is 5.75 Å². The average molecular weight is 328 g/mol. The fourth-order valence-corrected chi connectivity index (χ4v) is 2.66. The molecule has 0 radical (unpaired) electrons. The number of fused-ring (bicyclic) bond motifs is 1. The van der Waals surface area contributed by atoms with Gasteiger partial charge in [0.15, 0.2) is 22.5 Å². The number of hydrogen-bond donors (Lipinski definition) is 0. The summed E-state index contributed by atoms with van der Waals surface area (Å²) in [6.45, 7) is 1.94. The Balaban J connectivity index is 1.64. The second kappa shape index (κ2) is 5.89. The van der Waals surface area contributed by atoms with Gasteiger partial charge >= 0.3 is 0 Å². The molecule has 0 N–H and O–H groups in total. The molecule has 0 atom stereocenters. The van der Waals surface area contributed by atoms with E-state index in [9.17, 15) is 0 Å². The van der Waals surface area contributed by atoms with Crippen molar-refractivity contribution in [2.75, 3.05) is 18.1 Å². The van der Waals surface area contributed by atoms with E-state index in [4.69, 9.17) is 16.3 Å². The van der Waals surface area contributed by atoms with Gasteiger partial charge in [0.25, 0.3) is 0 Å². The van der Waals surface area contributed by atoms with Gasteiger partial charge in [-0.1, -0.05) is 41.9 Å². The standard InChI is InChI=1S/C16H14ClN5O/c17-14-6-7-15(19-18-14)22-8-9-23-13-11-21(20-16(13)22)10-12-4-2-1-3-5-12/h1-7,11H,8-10H2. The molecule has 3 aromatic rings. The first kappa shape index (κ1) is 14.0. The molecule has 0 fully saturated rings. The molecule has 2 aromatic heterocycles. The third-order valence-corrected chi connectivity index (χ3v) is 3.82. The zero-order chi connectivity index (χ0) is 15.6. The summed E-state index contributed by atoms with van der Waals surface area (Å²) in [5.74, 6) is 2.22. The van der Waals surface area contributed by atoms with Gasteiger partial charge in [-0.25, -0.2) is 0 Å². The van der Waals surface area contributed by atoms with Gasteiger partial charge in [-0.15, -0.1) is 10.2 Å². The highest BCUT2D eigenvalue weighted by molar-refractivity contribution is 6.29. The van der Waals surface area contributed by atoms with Gasteiger partial charge in [-0.3, -0.25) is 4.68 Å². The molecule has 0 saturated heterocycles. The number of rotatable bonds is 3. The summed E-state index contributed by atoms with van der Waals surface area (Å²) in [5.41, 5.74) is 1.19. The number of benzene rings is 1. The Bertz CT molecular complexity index is 803. The van der Waals surface area contributed by atoms with Crippen LogP contribution in [-0.4, -0.2) is 33.1 Å². The van der Waals surface area contributed by atoms with Gasteiger partial charge in [0.2, 0.25) is 0 Å². The van der Waals surface area contributed by atoms with E-state index in [1.54, 1.807) is 6.07 Å². The number of hydrogen-bond acceptors (Lipinski definition) is 5. The number of anilines is 2. The van der Waals surface area contributed by atoms with E-state index in [1.807, 2.05) is 40.0 Å². The molecule has 0 bridgehead atoms. The van der Waals surface area contributed by atoms with Crippen molar-refractivity contribution in [2.45, 2.75) is 6.54 Å². The van der Waals surface area contributed by atoms with Gasteiger partial charge in [-0.05, 0) is 17.7 Å². The molecule has 3 heterocycles. The lowest BCUT2D eigenvalue weighted by atomic mass is 10.2.